The van der Waals surface area contributed by atoms with E-state index in [1.165, 1.54) is 4.68 Å². The standard InChI is InChI=1S/C5H6ClF3N4S/c6-3-4-10-11-12-13(4)1-2-14-5(7,8)9/h1-3H2. The van der Waals surface area contributed by atoms with E-state index in [0.717, 1.165) is 0 Å². The van der Waals surface area contributed by atoms with Gasteiger partial charge < -0.3 is 0 Å². The first kappa shape index (κ1) is 11.6. The number of hydrogen-bond acceptors (Lipinski definition) is 4. The third-order valence-corrected chi connectivity index (χ3v) is 2.25. The van der Waals surface area contributed by atoms with Crippen LogP contribution in [0.3, 0.4) is 0 Å². The van der Waals surface area contributed by atoms with E-state index in [4.69, 9.17) is 11.6 Å². The Morgan fingerprint density at radius 2 is 2.14 bits per heavy atom. The first-order valence-electron chi connectivity index (χ1n) is 3.54. The molecule has 14 heavy (non-hydrogen) atoms. The fourth-order valence-corrected chi connectivity index (χ4v) is 1.43. The Morgan fingerprint density at radius 3 is 2.71 bits per heavy atom. The highest BCUT2D eigenvalue weighted by atomic mass is 35.5. The zero-order chi connectivity index (χ0) is 10.6. The van der Waals surface area contributed by atoms with Crippen LogP contribution in [0.1, 0.15) is 5.82 Å². The van der Waals surface area contributed by atoms with E-state index in [2.05, 4.69) is 15.5 Å². The highest BCUT2D eigenvalue weighted by molar-refractivity contribution is 8.00. The summed E-state index contributed by atoms with van der Waals surface area (Å²) in [5, 5.41) is 10.3. The molecule has 0 N–H and O–H groups in total. The van der Waals surface area contributed by atoms with Gasteiger partial charge in [-0.2, -0.15) is 13.2 Å². The summed E-state index contributed by atoms with van der Waals surface area (Å²) in [6, 6.07) is 0. The topological polar surface area (TPSA) is 43.6 Å². The Hall–Kier alpha value is -0.500. The van der Waals surface area contributed by atoms with Crippen molar-refractivity contribution >= 4 is 23.4 Å². The van der Waals surface area contributed by atoms with Gasteiger partial charge in [-0.15, -0.1) is 16.7 Å². The Kier molecular flexibility index (Phi) is 3.99. The molecule has 80 valence electrons. The van der Waals surface area contributed by atoms with E-state index in [1.54, 1.807) is 0 Å². The lowest BCUT2D eigenvalue weighted by Crippen LogP contribution is -2.10. The molecule has 0 bridgehead atoms. The quantitative estimate of drug-likeness (QED) is 0.758. The maximum Gasteiger partial charge on any atom is 0.441 e. The molecule has 0 unspecified atom stereocenters. The van der Waals surface area contributed by atoms with E-state index in [0.29, 0.717) is 5.82 Å². The summed E-state index contributed by atoms with van der Waals surface area (Å²) >= 11 is 5.34. The maximum atomic E-state index is 11.7. The minimum Gasteiger partial charge on any atom is -0.228 e. The van der Waals surface area contributed by atoms with Gasteiger partial charge in [0.05, 0.1) is 12.4 Å². The number of rotatable bonds is 4. The van der Waals surface area contributed by atoms with Crippen LogP contribution < -0.4 is 0 Å². The van der Waals surface area contributed by atoms with Gasteiger partial charge in [0, 0.05) is 5.75 Å². The van der Waals surface area contributed by atoms with Gasteiger partial charge in [-0.1, -0.05) is 0 Å². The first-order chi connectivity index (χ1) is 6.53. The second-order valence-corrected chi connectivity index (χ2v) is 3.67. The fourth-order valence-electron chi connectivity index (χ4n) is 0.740. The summed E-state index contributed by atoms with van der Waals surface area (Å²) in [6.45, 7) is 0.0965. The molecule has 0 saturated heterocycles. The molecule has 0 atom stereocenters. The second-order valence-electron chi connectivity index (χ2n) is 2.25. The number of nitrogens with zero attached hydrogens (tertiary/aromatic N) is 4. The van der Waals surface area contributed by atoms with Gasteiger partial charge in [-0.05, 0) is 22.2 Å². The number of halogens is 4. The predicted octanol–water partition coefficient (Wildman–Crippen LogP) is 1.66. The molecular weight excluding hydrogens is 241 g/mol. The Morgan fingerprint density at radius 1 is 1.43 bits per heavy atom. The van der Waals surface area contributed by atoms with E-state index < -0.39 is 5.51 Å². The molecular formula is C5H6ClF3N4S. The molecule has 0 aliphatic carbocycles. The lowest BCUT2D eigenvalue weighted by molar-refractivity contribution is -0.0328. The van der Waals surface area contributed by atoms with E-state index in [1.807, 2.05) is 0 Å². The zero-order valence-corrected chi connectivity index (χ0v) is 8.40. The molecule has 9 heteroatoms. The average Bonchev–Trinajstić information content (AvgIpc) is 2.49. The summed E-state index contributed by atoms with van der Waals surface area (Å²) in [5.41, 5.74) is -4.21. The van der Waals surface area contributed by atoms with Crippen LogP contribution in [-0.4, -0.2) is 31.5 Å². The van der Waals surface area contributed by atoms with Gasteiger partial charge in [0.15, 0.2) is 5.82 Å². The van der Waals surface area contributed by atoms with Crippen LogP contribution in [0.2, 0.25) is 0 Å². The summed E-state index contributed by atoms with van der Waals surface area (Å²) in [4.78, 5) is 0. The molecule has 4 nitrogen and oxygen atoms in total. The van der Waals surface area contributed by atoms with Crippen molar-refractivity contribution in [3.05, 3.63) is 5.82 Å². The summed E-state index contributed by atoms with van der Waals surface area (Å²) < 4.78 is 36.5. The fraction of sp³-hybridized carbons (Fsp3) is 0.800. The minimum absolute atomic E-state index is 0.0870. The van der Waals surface area contributed by atoms with Crippen LogP contribution in [0.5, 0.6) is 0 Å². The molecule has 1 aromatic rings. The third-order valence-electron chi connectivity index (χ3n) is 1.29. The second kappa shape index (κ2) is 4.83. The SMILES string of the molecule is FC(F)(F)SCCn1nnnc1CCl. The molecule has 0 fully saturated rings. The predicted molar refractivity (Wildman–Crippen MR) is 45.9 cm³/mol. The van der Waals surface area contributed by atoms with Crippen molar-refractivity contribution in [1.29, 1.82) is 0 Å². The average molecular weight is 247 g/mol. The van der Waals surface area contributed by atoms with Crippen molar-refractivity contribution in [2.24, 2.45) is 0 Å². The molecule has 1 rings (SSSR count). The third kappa shape index (κ3) is 3.70. The van der Waals surface area contributed by atoms with Crippen molar-refractivity contribution in [2.45, 2.75) is 17.9 Å². The zero-order valence-electron chi connectivity index (χ0n) is 6.83. The van der Waals surface area contributed by atoms with Gasteiger partial charge in [0.2, 0.25) is 0 Å². The van der Waals surface area contributed by atoms with Crippen LogP contribution in [0.25, 0.3) is 0 Å². The summed E-state index contributed by atoms with van der Waals surface area (Å²) in [6.07, 6.45) is 0. The Bertz CT molecular complexity index is 289. The van der Waals surface area contributed by atoms with Crippen LogP contribution >= 0.6 is 23.4 Å². The molecule has 0 saturated carbocycles. The van der Waals surface area contributed by atoms with Gasteiger partial charge in [0.1, 0.15) is 0 Å². The Balaban J connectivity index is 2.38. The molecule has 1 aromatic heterocycles. The molecule has 1 heterocycles. The maximum absolute atomic E-state index is 11.7. The molecule has 0 spiro atoms. The van der Waals surface area contributed by atoms with Crippen LogP contribution in [0.4, 0.5) is 13.2 Å². The monoisotopic (exact) mass is 246 g/mol. The minimum atomic E-state index is -4.21. The number of thioether (sulfide) groups is 1. The lowest BCUT2D eigenvalue weighted by Gasteiger charge is -2.05. The summed E-state index contributed by atoms with van der Waals surface area (Å²) in [5.74, 6) is 0.330. The van der Waals surface area contributed by atoms with E-state index in [-0.39, 0.29) is 29.9 Å². The smallest absolute Gasteiger partial charge is 0.228 e. The van der Waals surface area contributed by atoms with Crippen LogP contribution in [-0.2, 0) is 12.4 Å². The molecule has 0 aromatic carbocycles. The normalized spacial score (nSPS) is 12.0. The largest absolute Gasteiger partial charge is 0.441 e. The van der Waals surface area contributed by atoms with Gasteiger partial charge in [-0.3, -0.25) is 0 Å². The summed E-state index contributed by atoms with van der Waals surface area (Å²) in [7, 11) is 0. The van der Waals surface area contributed by atoms with Gasteiger partial charge in [-0.25, -0.2) is 4.68 Å². The van der Waals surface area contributed by atoms with Gasteiger partial charge in [0.25, 0.3) is 0 Å². The Labute approximate surface area is 86.8 Å². The van der Waals surface area contributed by atoms with E-state index in [9.17, 15) is 13.2 Å². The number of alkyl halides is 4. The first-order valence-corrected chi connectivity index (χ1v) is 5.06. The number of tetrazole rings is 1. The van der Waals surface area contributed by atoms with E-state index >= 15 is 0 Å². The van der Waals surface area contributed by atoms with Crippen LogP contribution in [0.15, 0.2) is 0 Å². The highest BCUT2D eigenvalue weighted by Gasteiger charge is 2.27. The van der Waals surface area contributed by atoms with Crippen molar-refractivity contribution in [3.8, 4) is 0 Å². The molecule has 0 aliphatic heterocycles. The number of hydrogen-bond donors (Lipinski definition) is 0. The van der Waals surface area contributed by atoms with Crippen LogP contribution in [0, 0.1) is 0 Å². The van der Waals surface area contributed by atoms with Crippen molar-refractivity contribution in [2.75, 3.05) is 5.75 Å². The van der Waals surface area contributed by atoms with Crippen molar-refractivity contribution in [3.63, 3.8) is 0 Å². The molecule has 0 aliphatic rings. The highest BCUT2D eigenvalue weighted by Crippen LogP contribution is 2.29. The van der Waals surface area contributed by atoms with Gasteiger partial charge >= 0.3 is 5.51 Å². The number of aromatic nitrogens is 4. The van der Waals surface area contributed by atoms with Crippen molar-refractivity contribution < 1.29 is 13.2 Å². The van der Waals surface area contributed by atoms with Crippen molar-refractivity contribution in [1.82, 2.24) is 20.2 Å². The number of aryl methyl sites for hydroxylation is 1. The lowest BCUT2D eigenvalue weighted by atomic mass is 10.6. The molecule has 0 radical (unpaired) electrons. The molecule has 0 amide bonds.